The topological polar surface area (TPSA) is 42.1 Å². The number of carbonyl (C=O) groups excluding carboxylic acids is 1. The van der Waals surface area contributed by atoms with Crippen LogP contribution in [0.4, 0.5) is 4.39 Å². The summed E-state index contributed by atoms with van der Waals surface area (Å²) >= 11 is 0. The van der Waals surface area contributed by atoms with Crippen LogP contribution in [0, 0.1) is 12.7 Å². The molecule has 16 heavy (non-hydrogen) atoms. The lowest BCUT2D eigenvalue weighted by atomic mass is 10.1. The number of aromatic amines is 1. The van der Waals surface area contributed by atoms with E-state index < -0.39 is 0 Å². The van der Waals surface area contributed by atoms with Gasteiger partial charge in [-0.2, -0.15) is 0 Å². The summed E-state index contributed by atoms with van der Waals surface area (Å²) in [5.74, 6) is -0.633. The Morgan fingerprint density at radius 1 is 1.50 bits per heavy atom. The van der Waals surface area contributed by atoms with Crippen LogP contribution in [0.2, 0.25) is 0 Å². The highest BCUT2D eigenvalue weighted by Crippen LogP contribution is 2.23. The summed E-state index contributed by atoms with van der Waals surface area (Å²) in [7, 11) is 1.34. The van der Waals surface area contributed by atoms with E-state index in [0.29, 0.717) is 0 Å². The van der Waals surface area contributed by atoms with Crippen molar-refractivity contribution < 1.29 is 13.9 Å². The van der Waals surface area contributed by atoms with E-state index in [1.807, 2.05) is 6.92 Å². The van der Waals surface area contributed by atoms with Crippen LogP contribution < -0.4 is 0 Å². The molecule has 1 aromatic heterocycles. The van der Waals surface area contributed by atoms with Gasteiger partial charge in [-0.3, -0.25) is 4.79 Å². The highest BCUT2D eigenvalue weighted by Gasteiger charge is 2.12. The summed E-state index contributed by atoms with van der Waals surface area (Å²) in [4.78, 5) is 14.3. The lowest BCUT2D eigenvalue weighted by Gasteiger charge is -1.99. The molecule has 0 saturated carbocycles. The van der Waals surface area contributed by atoms with E-state index in [1.54, 1.807) is 6.07 Å². The van der Waals surface area contributed by atoms with Crippen LogP contribution in [-0.2, 0) is 16.0 Å². The largest absolute Gasteiger partial charge is 0.469 e. The summed E-state index contributed by atoms with van der Waals surface area (Å²) in [6.07, 6.45) is 0.159. The zero-order valence-electron chi connectivity index (χ0n) is 9.13. The van der Waals surface area contributed by atoms with Crippen LogP contribution in [0.1, 0.15) is 11.3 Å². The van der Waals surface area contributed by atoms with E-state index >= 15 is 0 Å². The second-order valence-electron chi connectivity index (χ2n) is 3.67. The molecule has 0 bridgehead atoms. The van der Waals surface area contributed by atoms with E-state index in [4.69, 9.17) is 0 Å². The smallest absolute Gasteiger partial charge is 0.310 e. The SMILES string of the molecule is COC(=O)Cc1c(C)[nH]c2ccc(F)cc12. The van der Waals surface area contributed by atoms with E-state index in [1.165, 1.54) is 19.2 Å². The third kappa shape index (κ3) is 1.78. The zero-order valence-corrected chi connectivity index (χ0v) is 9.13. The number of fused-ring (bicyclic) bond motifs is 1. The van der Waals surface area contributed by atoms with Crippen molar-refractivity contribution in [3.63, 3.8) is 0 Å². The molecule has 3 nitrogen and oxygen atoms in total. The first-order valence-corrected chi connectivity index (χ1v) is 4.95. The minimum atomic E-state index is -0.326. The summed E-state index contributed by atoms with van der Waals surface area (Å²) < 4.78 is 17.7. The Balaban J connectivity index is 2.54. The molecule has 1 heterocycles. The number of benzene rings is 1. The van der Waals surface area contributed by atoms with Crippen molar-refractivity contribution in [1.82, 2.24) is 4.98 Å². The number of aryl methyl sites for hydroxylation is 1. The molecule has 0 amide bonds. The van der Waals surface area contributed by atoms with Gasteiger partial charge in [0.15, 0.2) is 0 Å². The number of nitrogens with one attached hydrogen (secondary N) is 1. The minimum absolute atomic E-state index is 0.159. The molecule has 0 aliphatic heterocycles. The average molecular weight is 221 g/mol. The predicted molar refractivity (Wildman–Crippen MR) is 58.7 cm³/mol. The molecule has 1 aromatic carbocycles. The highest BCUT2D eigenvalue weighted by atomic mass is 19.1. The fourth-order valence-electron chi connectivity index (χ4n) is 1.80. The molecule has 2 rings (SSSR count). The molecule has 1 N–H and O–H groups in total. The summed E-state index contributed by atoms with van der Waals surface area (Å²) in [5.41, 5.74) is 2.49. The first-order valence-electron chi connectivity index (χ1n) is 4.95. The normalized spacial score (nSPS) is 10.7. The molecule has 0 fully saturated rings. The average Bonchev–Trinajstić information content (AvgIpc) is 2.55. The summed E-state index contributed by atoms with van der Waals surface area (Å²) in [6.45, 7) is 1.86. The molecule has 0 radical (unpaired) electrons. The van der Waals surface area contributed by atoms with Gasteiger partial charge in [0.1, 0.15) is 5.82 Å². The maximum absolute atomic E-state index is 13.1. The molecular formula is C12H12FNO2. The van der Waals surface area contributed by atoms with Crippen LogP contribution in [0.5, 0.6) is 0 Å². The third-order valence-corrected chi connectivity index (χ3v) is 2.63. The fraction of sp³-hybridized carbons (Fsp3) is 0.250. The maximum Gasteiger partial charge on any atom is 0.310 e. The molecule has 0 spiro atoms. The molecule has 4 heteroatoms. The first-order chi connectivity index (χ1) is 7.61. The lowest BCUT2D eigenvalue weighted by Crippen LogP contribution is -2.05. The summed E-state index contributed by atoms with van der Waals surface area (Å²) in [5, 5.41) is 0.739. The molecule has 0 aliphatic carbocycles. The van der Waals surface area contributed by atoms with Gasteiger partial charge >= 0.3 is 5.97 Å². The van der Waals surface area contributed by atoms with Crippen molar-refractivity contribution >= 4 is 16.9 Å². The van der Waals surface area contributed by atoms with E-state index in [2.05, 4.69) is 9.72 Å². The van der Waals surface area contributed by atoms with E-state index in [0.717, 1.165) is 22.2 Å². The molecular weight excluding hydrogens is 209 g/mol. The number of methoxy groups -OCH3 is 1. The highest BCUT2D eigenvalue weighted by molar-refractivity contribution is 5.88. The Hall–Kier alpha value is -1.84. The van der Waals surface area contributed by atoms with Gasteiger partial charge < -0.3 is 9.72 Å². The standard InChI is InChI=1S/C12H12FNO2/c1-7-9(6-12(15)16-2)10-5-8(13)3-4-11(10)14-7/h3-5,14H,6H2,1-2H3. The fourth-order valence-corrected chi connectivity index (χ4v) is 1.80. The van der Waals surface area contributed by atoms with Gasteiger partial charge in [-0.1, -0.05) is 0 Å². The van der Waals surface area contributed by atoms with Crippen molar-refractivity contribution in [1.29, 1.82) is 0 Å². The second-order valence-corrected chi connectivity index (χ2v) is 3.67. The number of aromatic nitrogens is 1. The Labute approximate surface area is 92.2 Å². The van der Waals surface area contributed by atoms with Crippen LogP contribution in [-0.4, -0.2) is 18.1 Å². The Morgan fingerprint density at radius 2 is 2.25 bits per heavy atom. The molecule has 2 aromatic rings. The molecule has 0 aliphatic rings. The molecule has 0 unspecified atom stereocenters. The van der Waals surface area contributed by atoms with Crippen LogP contribution in [0.15, 0.2) is 18.2 Å². The number of esters is 1. The number of H-pyrrole nitrogens is 1. The quantitative estimate of drug-likeness (QED) is 0.791. The van der Waals surface area contributed by atoms with Gasteiger partial charge in [-0.25, -0.2) is 4.39 Å². The number of hydrogen-bond donors (Lipinski definition) is 1. The van der Waals surface area contributed by atoms with E-state index in [-0.39, 0.29) is 18.2 Å². The number of rotatable bonds is 2. The number of carbonyl (C=O) groups is 1. The monoisotopic (exact) mass is 221 g/mol. The maximum atomic E-state index is 13.1. The van der Waals surface area contributed by atoms with Gasteiger partial charge in [0, 0.05) is 16.6 Å². The molecule has 0 saturated heterocycles. The third-order valence-electron chi connectivity index (χ3n) is 2.63. The van der Waals surface area contributed by atoms with Crippen molar-refractivity contribution in [2.24, 2.45) is 0 Å². The molecule has 0 atom stereocenters. The van der Waals surface area contributed by atoms with Crippen LogP contribution >= 0.6 is 0 Å². The first kappa shape index (κ1) is 10.7. The number of hydrogen-bond acceptors (Lipinski definition) is 2. The molecule has 84 valence electrons. The Kier molecular flexibility index (Phi) is 2.64. The van der Waals surface area contributed by atoms with Gasteiger partial charge in [0.05, 0.1) is 13.5 Å². The number of ether oxygens (including phenoxy) is 1. The van der Waals surface area contributed by atoms with Crippen molar-refractivity contribution in [2.75, 3.05) is 7.11 Å². The van der Waals surface area contributed by atoms with Crippen molar-refractivity contribution in [3.05, 3.63) is 35.3 Å². The van der Waals surface area contributed by atoms with Crippen LogP contribution in [0.25, 0.3) is 10.9 Å². The van der Waals surface area contributed by atoms with Gasteiger partial charge in [0.2, 0.25) is 0 Å². The number of halogens is 1. The van der Waals surface area contributed by atoms with Crippen LogP contribution in [0.3, 0.4) is 0 Å². The Bertz CT molecular complexity index is 545. The van der Waals surface area contributed by atoms with Gasteiger partial charge in [0.25, 0.3) is 0 Å². The lowest BCUT2D eigenvalue weighted by molar-refractivity contribution is -0.139. The Morgan fingerprint density at radius 3 is 2.94 bits per heavy atom. The van der Waals surface area contributed by atoms with Crippen molar-refractivity contribution in [3.8, 4) is 0 Å². The van der Waals surface area contributed by atoms with E-state index in [9.17, 15) is 9.18 Å². The predicted octanol–water partition coefficient (Wildman–Crippen LogP) is 2.33. The van der Waals surface area contributed by atoms with Gasteiger partial charge in [-0.15, -0.1) is 0 Å². The summed E-state index contributed by atoms with van der Waals surface area (Å²) in [6, 6.07) is 4.48. The second kappa shape index (κ2) is 3.96. The minimum Gasteiger partial charge on any atom is -0.469 e. The zero-order chi connectivity index (χ0) is 11.7. The van der Waals surface area contributed by atoms with Crippen molar-refractivity contribution in [2.45, 2.75) is 13.3 Å². The van der Waals surface area contributed by atoms with Gasteiger partial charge in [-0.05, 0) is 30.7 Å².